The summed E-state index contributed by atoms with van der Waals surface area (Å²) in [5, 5.41) is 0. The van der Waals surface area contributed by atoms with Gasteiger partial charge in [0.1, 0.15) is 0 Å². The molecule has 20 heavy (non-hydrogen) atoms. The number of hydrogen-bond donors (Lipinski definition) is 1. The third-order valence-electron chi connectivity index (χ3n) is 4.85. The molecule has 1 fully saturated rings. The van der Waals surface area contributed by atoms with E-state index in [-0.39, 0.29) is 0 Å². The van der Waals surface area contributed by atoms with Crippen LogP contribution in [-0.4, -0.2) is 7.11 Å². The van der Waals surface area contributed by atoms with E-state index in [1.807, 2.05) is 0 Å². The molecular formula is C18H29NO. The second-order valence-electron chi connectivity index (χ2n) is 7.14. The molecular weight excluding hydrogens is 246 g/mol. The van der Waals surface area contributed by atoms with Crippen LogP contribution in [0.5, 0.6) is 0 Å². The van der Waals surface area contributed by atoms with Gasteiger partial charge < -0.3 is 4.84 Å². The van der Waals surface area contributed by atoms with Crippen LogP contribution in [0.15, 0.2) is 24.3 Å². The second-order valence-corrected chi connectivity index (χ2v) is 7.14. The minimum Gasteiger partial charge on any atom is -0.305 e. The molecule has 1 aliphatic rings. The van der Waals surface area contributed by atoms with Crippen molar-refractivity contribution in [3.63, 3.8) is 0 Å². The first-order valence-corrected chi connectivity index (χ1v) is 7.86. The van der Waals surface area contributed by atoms with Crippen LogP contribution in [0.25, 0.3) is 0 Å². The molecule has 0 atom stereocenters. The molecule has 2 rings (SSSR count). The molecule has 0 heterocycles. The summed E-state index contributed by atoms with van der Waals surface area (Å²) in [7, 11) is 1.68. The van der Waals surface area contributed by atoms with Gasteiger partial charge in [0.2, 0.25) is 0 Å². The molecule has 1 N–H and O–H groups in total. The largest absolute Gasteiger partial charge is 0.305 e. The van der Waals surface area contributed by atoms with Gasteiger partial charge in [0.05, 0.1) is 7.11 Å². The fraction of sp³-hybridized carbons (Fsp3) is 0.667. The summed E-state index contributed by atoms with van der Waals surface area (Å²) in [5.41, 5.74) is 6.34. The van der Waals surface area contributed by atoms with E-state index in [9.17, 15) is 0 Å². The molecule has 0 aliphatic heterocycles. The van der Waals surface area contributed by atoms with Crippen molar-refractivity contribution < 1.29 is 4.84 Å². The van der Waals surface area contributed by atoms with Gasteiger partial charge in [0.25, 0.3) is 0 Å². The van der Waals surface area contributed by atoms with Gasteiger partial charge >= 0.3 is 0 Å². The predicted molar refractivity (Wildman–Crippen MR) is 84.4 cm³/mol. The van der Waals surface area contributed by atoms with E-state index in [4.69, 9.17) is 4.84 Å². The summed E-state index contributed by atoms with van der Waals surface area (Å²) in [6.45, 7) is 7.95. The summed E-state index contributed by atoms with van der Waals surface area (Å²) < 4.78 is 0. The van der Waals surface area contributed by atoms with Gasteiger partial charge in [0.15, 0.2) is 0 Å². The van der Waals surface area contributed by atoms with Crippen molar-refractivity contribution in [1.82, 2.24) is 5.48 Å². The summed E-state index contributed by atoms with van der Waals surface area (Å²) >= 11 is 0. The minimum atomic E-state index is 0.460. The van der Waals surface area contributed by atoms with Crippen LogP contribution in [0.4, 0.5) is 0 Å². The second kappa shape index (κ2) is 6.73. The van der Waals surface area contributed by atoms with E-state index in [0.29, 0.717) is 5.41 Å². The zero-order valence-corrected chi connectivity index (χ0v) is 13.4. The lowest BCUT2D eigenvalue weighted by Gasteiger charge is -2.37. The first-order chi connectivity index (χ1) is 9.52. The van der Waals surface area contributed by atoms with Gasteiger partial charge in [-0.25, -0.2) is 0 Å². The Morgan fingerprint density at radius 1 is 1.10 bits per heavy atom. The van der Waals surface area contributed by atoms with Gasteiger partial charge in [0, 0.05) is 6.54 Å². The van der Waals surface area contributed by atoms with E-state index in [1.54, 1.807) is 7.11 Å². The van der Waals surface area contributed by atoms with Gasteiger partial charge in [-0.2, -0.15) is 5.48 Å². The third-order valence-corrected chi connectivity index (χ3v) is 4.85. The maximum absolute atomic E-state index is 5.00. The molecule has 2 heteroatoms. The quantitative estimate of drug-likeness (QED) is 0.807. The van der Waals surface area contributed by atoms with Crippen molar-refractivity contribution in [2.75, 3.05) is 7.11 Å². The lowest BCUT2D eigenvalue weighted by molar-refractivity contribution is 0.0863. The highest BCUT2D eigenvalue weighted by Crippen LogP contribution is 2.43. The first-order valence-electron chi connectivity index (χ1n) is 7.86. The zero-order chi connectivity index (χ0) is 14.6. The van der Waals surface area contributed by atoms with Crippen molar-refractivity contribution in [2.45, 2.75) is 58.9 Å². The Bertz CT molecular complexity index is 414. The molecule has 0 bridgehead atoms. The van der Waals surface area contributed by atoms with E-state index >= 15 is 0 Å². The van der Waals surface area contributed by atoms with E-state index < -0.39 is 0 Å². The number of rotatable bonds is 4. The summed E-state index contributed by atoms with van der Waals surface area (Å²) in [4.78, 5) is 5.00. The molecule has 0 aromatic heterocycles. The molecule has 0 unspecified atom stereocenters. The fourth-order valence-electron chi connectivity index (χ4n) is 3.51. The summed E-state index contributed by atoms with van der Waals surface area (Å²) in [5.74, 6) is 1.60. The van der Waals surface area contributed by atoms with Crippen molar-refractivity contribution in [2.24, 2.45) is 11.3 Å². The van der Waals surface area contributed by atoms with Crippen LogP contribution in [0.3, 0.4) is 0 Å². The summed E-state index contributed by atoms with van der Waals surface area (Å²) in [6.07, 6.45) is 5.37. The SMILES string of the molecule is CONCc1ccccc1C1CCC(C(C)(C)C)CC1. The van der Waals surface area contributed by atoms with Crippen LogP contribution >= 0.6 is 0 Å². The average Bonchev–Trinajstić information content (AvgIpc) is 2.45. The lowest BCUT2D eigenvalue weighted by Crippen LogP contribution is -2.25. The third kappa shape index (κ3) is 3.83. The maximum Gasteiger partial charge on any atom is 0.0572 e. The van der Waals surface area contributed by atoms with Gasteiger partial charge in [-0.15, -0.1) is 0 Å². The molecule has 0 spiro atoms. The Balaban J connectivity index is 2.03. The average molecular weight is 275 g/mol. The monoisotopic (exact) mass is 275 g/mol. The predicted octanol–water partition coefficient (Wildman–Crippen LogP) is 4.66. The van der Waals surface area contributed by atoms with Gasteiger partial charge in [-0.1, -0.05) is 45.0 Å². The topological polar surface area (TPSA) is 21.3 Å². The summed E-state index contributed by atoms with van der Waals surface area (Å²) in [6, 6.07) is 8.81. The van der Waals surface area contributed by atoms with Crippen LogP contribution in [0.2, 0.25) is 0 Å². The molecule has 0 saturated heterocycles. The molecule has 112 valence electrons. The highest BCUT2D eigenvalue weighted by atomic mass is 16.6. The van der Waals surface area contributed by atoms with Crippen molar-refractivity contribution in [3.8, 4) is 0 Å². The van der Waals surface area contributed by atoms with Crippen molar-refractivity contribution in [3.05, 3.63) is 35.4 Å². The molecule has 1 aromatic carbocycles. The smallest absolute Gasteiger partial charge is 0.0572 e. The van der Waals surface area contributed by atoms with Crippen LogP contribution < -0.4 is 5.48 Å². The Morgan fingerprint density at radius 2 is 1.75 bits per heavy atom. The normalized spacial score (nSPS) is 23.8. The zero-order valence-electron chi connectivity index (χ0n) is 13.4. The van der Waals surface area contributed by atoms with Crippen LogP contribution in [-0.2, 0) is 11.4 Å². The van der Waals surface area contributed by atoms with Gasteiger partial charge in [-0.05, 0) is 54.1 Å². The van der Waals surface area contributed by atoms with Crippen LogP contribution in [0.1, 0.15) is 63.5 Å². The Hall–Kier alpha value is -0.860. The number of benzene rings is 1. The minimum absolute atomic E-state index is 0.460. The van der Waals surface area contributed by atoms with E-state index in [1.165, 1.54) is 36.8 Å². The Morgan fingerprint density at radius 3 is 2.35 bits per heavy atom. The number of hydrogen-bond acceptors (Lipinski definition) is 2. The molecule has 1 aromatic rings. The highest BCUT2D eigenvalue weighted by Gasteiger charge is 2.30. The van der Waals surface area contributed by atoms with E-state index in [0.717, 1.165) is 18.4 Å². The standard InChI is InChI=1S/C18H29NO/c1-18(2,3)16-11-9-14(10-12-16)17-8-6-5-7-15(17)13-19-20-4/h5-8,14,16,19H,9-13H2,1-4H3. The highest BCUT2D eigenvalue weighted by molar-refractivity contribution is 5.30. The molecule has 0 amide bonds. The maximum atomic E-state index is 5.00. The van der Waals surface area contributed by atoms with Gasteiger partial charge in [-0.3, -0.25) is 0 Å². The molecule has 1 saturated carbocycles. The van der Waals surface area contributed by atoms with Crippen molar-refractivity contribution in [1.29, 1.82) is 0 Å². The Kier molecular flexibility index (Phi) is 5.22. The molecule has 2 nitrogen and oxygen atoms in total. The van der Waals surface area contributed by atoms with Crippen LogP contribution in [0, 0.1) is 11.3 Å². The number of hydroxylamine groups is 1. The van der Waals surface area contributed by atoms with Crippen molar-refractivity contribution >= 4 is 0 Å². The first kappa shape index (κ1) is 15.5. The number of nitrogens with one attached hydrogen (secondary N) is 1. The molecule has 0 radical (unpaired) electrons. The fourth-order valence-corrected chi connectivity index (χ4v) is 3.51. The lowest BCUT2D eigenvalue weighted by atomic mass is 9.68. The Labute approximate surface area is 123 Å². The molecule has 1 aliphatic carbocycles. The van der Waals surface area contributed by atoms with E-state index in [2.05, 4.69) is 50.5 Å².